The second kappa shape index (κ2) is 4.74. The van der Waals surface area contributed by atoms with E-state index in [9.17, 15) is 4.79 Å². The minimum Gasteiger partial charge on any atom is -0.378 e. The van der Waals surface area contributed by atoms with Crippen molar-refractivity contribution >= 4 is 17.2 Å². The lowest BCUT2D eigenvalue weighted by Gasteiger charge is -2.28. The lowest BCUT2D eigenvalue weighted by Crippen LogP contribution is -2.44. The van der Waals surface area contributed by atoms with E-state index in [1.165, 1.54) is 11.3 Å². The largest absolute Gasteiger partial charge is 0.378 e. The molecule has 0 bridgehead atoms. The summed E-state index contributed by atoms with van der Waals surface area (Å²) in [7, 11) is 0. The second-order valence-electron chi connectivity index (χ2n) is 3.43. The first-order chi connectivity index (χ1) is 7.29. The zero-order chi connectivity index (χ0) is 10.7. The Balaban J connectivity index is 2.00. The second-order valence-corrected chi connectivity index (χ2v) is 4.41. The van der Waals surface area contributed by atoms with Crippen LogP contribution >= 0.6 is 11.3 Å². The summed E-state index contributed by atoms with van der Waals surface area (Å²) >= 11 is 1.52. The van der Waals surface area contributed by atoms with Gasteiger partial charge in [0.25, 0.3) is 0 Å². The van der Waals surface area contributed by atoms with Crippen LogP contribution in [0.2, 0.25) is 0 Å². The molecule has 4 nitrogen and oxygen atoms in total. The zero-order valence-corrected chi connectivity index (χ0v) is 9.20. The summed E-state index contributed by atoms with van der Waals surface area (Å²) in [6.45, 7) is 2.53. The molecule has 0 aliphatic carbocycles. The van der Waals surface area contributed by atoms with E-state index >= 15 is 0 Å². The molecule has 1 amide bonds. The molecule has 1 saturated heterocycles. The number of amides is 1. The number of carbonyl (C=O) groups is 1. The van der Waals surface area contributed by atoms with Crippen LogP contribution in [0.1, 0.15) is 10.9 Å². The van der Waals surface area contributed by atoms with Crippen molar-refractivity contribution in [2.24, 2.45) is 5.73 Å². The van der Waals surface area contributed by atoms with Gasteiger partial charge in [0, 0.05) is 18.0 Å². The van der Waals surface area contributed by atoms with Gasteiger partial charge >= 0.3 is 0 Å². The first-order valence-electron chi connectivity index (χ1n) is 4.94. The smallest absolute Gasteiger partial charge is 0.245 e. The maximum absolute atomic E-state index is 11.9. The van der Waals surface area contributed by atoms with Crippen LogP contribution in [0.25, 0.3) is 0 Å². The highest BCUT2D eigenvalue weighted by Gasteiger charge is 2.24. The molecule has 2 N–H and O–H groups in total. The molecular weight excluding hydrogens is 212 g/mol. The van der Waals surface area contributed by atoms with E-state index in [0.29, 0.717) is 26.3 Å². The lowest BCUT2D eigenvalue weighted by atomic mass is 10.2. The van der Waals surface area contributed by atoms with Crippen LogP contribution in [0.4, 0.5) is 0 Å². The molecule has 0 unspecified atom stereocenters. The van der Waals surface area contributed by atoms with E-state index in [2.05, 4.69) is 0 Å². The fraction of sp³-hybridized carbons (Fsp3) is 0.500. The average molecular weight is 226 g/mol. The first kappa shape index (κ1) is 10.6. The van der Waals surface area contributed by atoms with Gasteiger partial charge in [-0.15, -0.1) is 11.3 Å². The lowest BCUT2D eigenvalue weighted by molar-refractivity contribution is -0.136. The van der Waals surface area contributed by atoms with E-state index < -0.39 is 6.04 Å². The monoisotopic (exact) mass is 226 g/mol. The van der Waals surface area contributed by atoms with Gasteiger partial charge in [0.1, 0.15) is 6.04 Å². The molecule has 0 radical (unpaired) electrons. The maximum atomic E-state index is 11.9. The quantitative estimate of drug-likeness (QED) is 0.803. The van der Waals surface area contributed by atoms with Crippen molar-refractivity contribution in [1.82, 2.24) is 4.90 Å². The van der Waals surface area contributed by atoms with Crippen molar-refractivity contribution in [1.29, 1.82) is 0 Å². The van der Waals surface area contributed by atoms with Crippen LogP contribution in [0.3, 0.4) is 0 Å². The molecule has 0 spiro atoms. The Morgan fingerprint density at radius 3 is 2.87 bits per heavy atom. The van der Waals surface area contributed by atoms with Gasteiger partial charge in [-0.25, -0.2) is 0 Å². The predicted octanol–water partition coefficient (Wildman–Crippen LogP) is 0.607. The molecule has 15 heavy (non-hydrogen) atoms. The summed E-state index contributed by atoms with van der Waals surface area (Å²) in [6, 6.07) is 3.29. The van der Waals surface area contributed by atoms with Gasteiger partial charge in [-0.3, -0.25) is 4.79 Å². The molecule has 1 aliphatic heterocycles. The number of carbonyl (C=O) groups excluding carboxylic acids is 1. The Kier molecular flexibility index (Phi) is 3.35. The number of thiophene rings is 1. The minimum absolute atomic E-state index is 0.000694. The molecule has 1 fully saturated rings. The summed E-state index contributed by atoms with van der Waals surface area (Å²) in [6.07, 6.45) is 0. The summed E-state index contributed by atoms with van der Waals surface area (Å²) < 4.78 is 5.19. The van der Waals surface area contributed by atoms with Crippen LogP contribution in [-0.2, 0) is 9.53 Å². The molecule has 1 aliphatic rings. The number of rotatable bonds is 2. The van der Waals surface area contributed by atoms with E-state index in [0.717, 1.165) is 4.88 Å². The van der Waals surface area contributed by atoms with E-state index in [4.69, 9.17) is 10.5 Å². The molecule has 0 saturated carbocycles. The number of morpholine rings is 1. The Morgan fingerprint density at radius 2 is 2.27 bits per heavy atom. The highest BCUT2D eigenvalue weighted by atomic mass is 32.1. The van der Waals surface area contributed by atoms with Crippen molar-refractivity contribution < 1.29 is 9.53 Å². The fourth-order valence-corrected chi connectivity index (χ4v) is 2.29. The highest BCUT2D eigenvalue weighted by Crippen LogP contribution is 2.19. The van der Waals surface area contributed by atoms with Crippen molar-refractivity contribution in [2.45, 2.75) is 6.04 Å². The van der Waals surface area contributed by atoms with Gasteiger partial charge in [-0.1, -0.05) is 6.07 Å². The standard InChI is InChI=1S/C10H14N2O2S/c11-9(8-2-1-7-15-8)10(13)12-3-5-14-6-4-12/h1-2,7,9H,3-6,11H2/t9-/m0/s1. The Bertz CT molecular complexity index is 320. The minimum atomic E-state index is -0.511. The Hall–Kier alpha value is -0.910. The predicted molar refractivity (Wildman–Crippen MR) is 58.6 cm³/mol. The third-order valence-corrected chi connectivity index (χ3v) is 3.39. The van der Waals surface area contributed by atoms with Crippen LogP contribution in [-0.4, -0.2) is 37.1 Å². The Morgan fingerprint density at radius 1 is 1.53 bits per heavy atom. The van der Waals surface area contributed by atoms with Crippen molar-refractivity contribution in [3.63, 3.8) is 0 Å². The van der Waals surface area contributed by atoms with E-state index in [1.54, 1.807) is 4.90 Å². The molecule has 1 aromatic heterocycles. The number of hydrogen-bond acceptors (Lipinski definition) is 4. The van der Waals surface area contributed by atoms with Crippen molar-refractivity contribution in [3.05, 3.63) is 22.4 Å². The van der Waals surface area contributed by atoms with Crippen LogP contribution < -0.4 is 5.73 Å². The molecule has 1 atom stereocenters. The maximum Gasteiger partial charge on any atom is 0.245 e. The summed E-state index contributed by atoms with van der Waals surface area (Å²) in [5, 5.41) is 1.93. The van der Waals surface area contributed by atoms with E-state index in [-0.39, 0.29) is 5.91 Å². The van der Waals surface area contributed by atoms with Gasteiger partial charge < -0.3 is 15.4 Å². The third kappa shape index (κ3) is 2.37. The molecule has 82 valence electrons. The van der Waals surface area contributed by atoms with Crippen LogP contribution in [0.5, 0.6) is 0 Å². The summed E-state index contributed by atoms with van der Waals surface area (Å²) in [5.41, 5.74) is 5.89. The first-order valence-corrected chi connectivity index (χ1v) is 5.82. The summed E-state index contributed by atoms with van der Waals surface area (Å²) in [4.78, 5) is 14.6. The summed E-state index contributed by atoms with van der Waals surface area (Å²) in [5.74, 6) is 0.000694. The topological polar surface area (TPSA) is 55.6 Å². The number of hydrogen-bond donors (Lipinski definition) is 1. The van der Waals surface area contributed by atoms with Crippen molar-refractivity contribution in [3.8, 4) is 0 Å². The Labute approximate surface area is 92.6 Å². The van der Waals surface area contributed by atoms with Crippen molar-refractivity contribution in [2.75, 3.05) is 26.3 Å². The van der Waals surface area contributed by atoms with E-state index in [1.807, 2.05) is 17.5 Å². The normalized spacial score (nSPS) is 18.9. The number of nitrogens with zero attached hydrogens (tertiary/aromatic N) is 1. The SMILES string of the molecule is N[C@H](C(=O)N1CCOCC1)c1cccs1. The average Bonchev–Trinajstić information content (AvgIpc) is 2.82. The van der Waals surface area contributed by atoms with Gasteiger partial charge in [-0.05, 0) is 11.4 Å². The van der Waals surface area contributed by atoms with Crippen LogP contribution in [0.15, 0.2) is 17.5 Å². The molecule has 1 aromatic rings. The zero-order valence-electron chi connectivity index (χ0n) is 8.39. The number of nitrogens with two attached hydrogens (primary N) is 1. The van der Waals surface area contributed by atoms with Crippen LogP contribution in [0, 0.1) is 0 Å². The highest BCUT2D eigenvalue weighted by molar-refractivity contribution is 7.10. The van der Waals surface area contributed by atoms with Gasteiger partial charge in [0.05, 0.1) is 13.2 Å². The van der Waals surface area contributed by atoms with Gasteiger partial charge in [0.2, 0.25) is 5.91 Å². The number of ether oxygens (including phenoxy) is 1. The molecule has 0 aromatic carbocycles. The van der Waals surface area contributed by atoms with Gasteiger partial charge in [0.15, 0.2) is 0 Å². The van der Waals surface area contributed by atoms with Gasteiger partial charge in [-0.2, -0.15) is 0 Å². The molecule has 5 heteroatoms. The molecule has 2 heterocycles. The fourth-order valence-electron chi connectivity index (χ4n) is 1.57. The molecule has 2 rings (SSSR count). The molecular formula is C10H14N2O2S. The third-order valence-electron chi connectivity index (χ3n) is 2.44.